The van der Waals surface area contributed by atoms with E-state index in [2.05, 4.69) is 10.6 Å². The molecule has 0 aliphatic carbocycles. The minimum atomic E-state index is -0.722. The Morgan fingerprint density at radius 1 is 1.15 bits per heavy atom. The first-order valence-corrected chi connectivity index (χ1v) is 13.2. The Labute approximate surface area is 231 Å². The zero-order valence-electron chi connectivity index (χ0n) is 22.1. The molecule has 3 rings (SSSR count). The van der Waals surface area contributed by atoms with E-state index in [-0.39, 0.29) is 55.6 Å². The third-order valence-electron chi connectivity index (χ3n) is 6.07. The third kappa shape index (κ3) is 8.85. The highest BCUT2D eigenvalue weighted by Crippen LogP contribution is 2.24. The fraction of sp³-hybridized carbons (Fsp3) is 0.444. The molecular weight excluding hydrogens is 526 g/mol. The summed E-state index contributed by atoms with van der Waals surface area (Å²) in [4.78, 5) is 64.1. The fourth-order valence-corrected chi connectivity index (χ4v) is 4.46. The van der Waals surface area contributed by atoms with Gasteiger partial charge in [0.1, 0.15) is 18.9 Å². The number of amides is 4. The highest BCUT2D eigenvalue weighted by molar-refractivity contribution is 6.31. The fourth-order valence-electron chi connectivity index (χ4n) is 4.29. The van der Waals surface area contributed by atoms with E-state index in [4.69, 9.17) is 22.1 Å². The van der Waals surface area contributed by atoms with E-state index in [0.717, 1.165) is 4.57 Å². The average Bonchev–Trinajstić information content (AvgIpc) is 2.86. The van der Waals surface area contributed by atoms with E-state index in [1.165, 1.54) is 23.2 Å². The van der Waals surface area contributed by atoms with E-state index < -0.39 is 17.4 Å². The van der Waals surface area contributed by atoms with Crippen molar-refractivity contribution in [1.29, 1.82) is 0 Å². The molecular formula is C27H34ClN5O6. The number of hydrogen-bond donors (Lipinski definition) is 3. The van der Waals surface area contributed by atoms with Crippen LogP contribution in [0.2, 0.25) is 5.02 Å². The standard InChI is InChI=1S/C27H34ClN5O6/c1-17(2)11-20-16-39-22-7-6-19(28)12-21(22)26(37)30-9-3-4-10-32(15-24(35)31-20)27(38)18-5-8-25(36)33(13-18)14-23(29)34/h5-8,12-13,17,20H,3-4,9-11,14-16H2,1-2H3,(H2,29,34)(H,30,37)(H,31,35)/t20-/m0/s1. The molecule has 0 radical (unpaired) electrons. The van der Waals surface area contributed by atoms with E-state index >= 15 is 0 Å². The third-order valence-corrected chi connectivity index (χ3v) is 6.30. The van der Waals surface area contributed by atoms with E-state index in [0.29, 0.717) is 42.1 Å². The lowest BCUT2D eigenvalue weighted by Gasteiger charge is -2.25. The minimum absolute atomic E-state index is 0.109. The van der Waals surface area contributed by atoms with Gasteiger partial charge in [0.05, 0.1) is 23.7 Å². The first-order chi connectivity index (χ1) is 18.5. The Balaban J connectivity index is 1.85. The summed E-state index contributed by atoms with van der Waals surface area (Å²) in [7, 11) is 0. The van der Waals surface area contributed by atoms with Crippen molar-refractivity contribution in [2.24, 2.45) is 11.7 Å². The minimum Gasteiger partial charge on any atom is -0.491 e. The van der Waals surface area contributed by atoms with Crippen molar-refractivity contribution in [3.63, 3.8) is 0 Å². The highest BCUT2D eigenvalue weighted by atomic mass is 35.5. The number of fused-ring (bicyclic) bond motifs is 1. The molecule has 0 saturated heterocycles. The number of carbonyl (C=O) groups is 4. The largest absolute Gasteiger partial charge is 0.491 e. The number of ether oxygens (including phenoxy) is 1. The van der Waals surface area contributed by atoms with Crippen LogP contribution in [-0.4, -0.2) is 65.4 Å². The lowest BCUT2D eigenvalue weighted by molar-refractivity contribution is -0.123. The maximum Gasteiger partial charge on any atom is 0.255 e. The second-order valence-corrected chi connectivity index (χ2v) is 10.3. The van der Waals surface area contributed by atoms with E-state index in [1.807, 2.05) is 13.8 Å². The summed E-state index contributed by atoms with van der Waals surface area (Å²) in [5, 5.41) is 6.20. The smallest absolute Gasteiger partial charge is 0.255 e. The van der Waals surface area contributed by atoms with Gasteiger partial charge < -0.3 is 30.6 Å². The number of rotatable bonds is 5. The number of hydrogen-bond acceptors (Lipinski definition) is 6. The quantitative estimate of drug-likeness (QED) is 0.505. The van der Waals surface area contributed by atoms with Gasteiger partial charge in [-0.15, -0.1) is 0 Å². The molecule has 2 aromatic rings. The lowest BCUT2D eigenvalue weighted by atomic mass is 10.0. The van der Waals surface area contributed by atoms with Crippen molar-refractivity contribution in [2.75, 3.05) is 26.2 Å². The molecule has 1 aliphatic rings. The number of aromatic nitrogens is 1. The Morgan fingerprint density at radius 2 is 1.92 bits per heavy atom. The molecule has 12 heteroatoms. The maximum atomic E-state index is 13.4. The van der Waals surface area contributed by atoms with Gasteiger partial charge in [0, 0.05) is 30.4 Å². The van der Waals surface area contributed by atoms with Crippen LogP contribution in [0.15, 0.2) is 41.3 Å². The number of nitrogens with zero attached hydrogens (tertiary/aromatic N) is 2. The van der Waals surface area contributed by atoms with Crippen molar-refractivity contribution in [1.82, 2.24) is 20.1 Å². The molecule has 0 fully saturated rings. The van der Waals surface area contributed by atoms with Crippen molar-refractivity contribution < 1.29 is 23.9 Å². The van der Waals surface area contributed by atoms with Crippen LogP contribution in [-0.2, 0) is 16.1 Å². The van der Waals surface area contributed by atoms with E-state index in [9.17, 15) is 24.0 Å². The summed E-state index contributed by atoms with van der Waals surface area (Å²) in [5.74, 6) is -1.31. The van der Waals surface area contributed by atoms with Gasteiger partial charge in [0.25, 0.3) is 17.4 Å². The summed E-state index contributed by atoms with van der Waals surface area (Å²) >= 11 is 6.12. The van der Waals surface area contributed by atoms with Crippen LogP contribution in [0, 0.1) is 5.92 Å². The SMILES string of the molecule is CC(C)C[C@H]1COc2ccc(Cl)cc2C(=O)NCCCCN(C(=O)c2ccc(=O)n(CC(N)=O)c2)CC(=O)N1. The number of nitrogens with one attached hydrogen (secondary N) is 2. The van der Waals surface area contributed by atoms with Gasteiger partial charge in [-0.1, -0.05) is 25.4 Å². The summed E-state index contributed by atoms with van der Waals surface area (Å²) in [6.45, 7) is 4.10. The Kier molecular flexibility index (Phi) is 10.5. The molecule has 39 heavy (non-hydrogen) atoms. The van der Waals surface area contributed by atoms with Gasteiger partial charge in [0.15, 0.2) is 0 Å². The van der Waals surface area contributed by atoms with Crippen LogP contribution >= 0.6 is 11.6 Å². The zero-order chi connectivity index (χ0) is 28.5. The Morgan fingerprint density at radius 3 is 2.64 bits per heavy atom. The molecule has 4 amide bonds. The summed E-state index contributed by atoms with van der Waals surface area (Å²) in [5.41, 5.74) is 5.18. The van der Waals surface area contributed by atoms with Crippen molar-refractivity contribution in [3.8, 4) is 5.75 Å². The summed E-state index contributed by atoms with van der Waals surface area (Å²) in [6, 6.07) is 6.95. The molecule has 2 heterocycles. The average molecular weight is 560 g/mol. The number of carbonyl (C=O) groups excluding carboxylic acids is 4. The summed E-state index contributed by atoms with van der Waals surface area (Å²) < 4.78 is 7.02. The molecule has 1 atom stereocenters. The first kappa shape index (κ1) is 29.7. The second kappa shape index (κ2) is 13.8. The van der Waals surface area contributed by atoms with Crippen molar-refractivity contribution in [3.05, 3.63) is 63.0 Å². The molecule has 0 spiro atoms. The second-order valence-electron chi connectivity index (χ2n) is 9.89. The predicted octanol–water partition coefficient (Wildman–Crippen LogP) is 1.56. The van der Waals surface area contributed by atoms with Gasteiger partial charge in [0.2, 0.25) is 11.8 Å². The number of pyridine rings is 1. The Bertz CT molecular complexity index is 1280. The van der Waals surface area contributed by atoms with Gasteiger partial charge in [-0.05, 0) is 49.4 Å². The number of nitrogens with two attached hydrogens (primary N) is 1. The number of primary amides is 1. The van der Waals surface area contributed by atoms with Crippen molar-refractivity contribution in [2.45, 2.75) is 45.7 Å². The van der Waals surface area contributed by atoms with Crippen molar-refractivity contribution >= 4 is 35.2 Å². The van der Waals surface area contributed by atoms with Crippen LogP contribution in [0.5, 0.6) is 5.75 Å². The van der Waals surface area contributed by atoms with E-state index in [1.54, 1.807) is 18.2 Å². The van der Waals surface area contributed by atoms with Gasteiger partial charge >= 0.3 is 0 Å². The van der Waals surface area contributed by atoms with Crippen LogP contribution < -0.4 is 26.7 Å². The van der Waals surface area contributed by atoms with Crippen LogP contribution in [0.25, 0.3) is 0 Å². The molecule has 1 aromatic carbocycles. The topological polar surface area (TPSA) is 153 Å². The monoisotopic (exact) mass is 559 g/mol. The van der Waals surface area contributed by atoms with Crippen LogP contribution in [0.4, 0.5) is 0 Å². The summed E-state index contributed by atoms with van der Waals surface area (Å²) in [6.07, 6.45) is 2.90. The van der Waals surface area contributed by atoms with Gasteiger partial charge in [-0.25, -0.2) is 0 Å². The first-order valence-electron chi connectivity index (χ1n) is 12.8. The highest BCUT2D eigenvalue weighted by Gasteiger charge is 2.23. The number of halogens is 1. The molecule has 210 valence electrons. The molecule has 4 N–H and O–H groups in total. The molecule has 0 unspecified atom stereocenters. The predicted molar refractivity (Wildman–Crippen MR) is 146 cm³/mol. The zero-order valence-corrected chi connectivity index (χ0v) is 22.8. The normalized spacial score (nSPS) is 17.2. The lowest BCUT2D eigenvalue weighted by Crippen LogP contribution is -2.47. The van der Waals surface area contributed by atoms with Crippen LogP contribution in [0.3, 0.4) is 0 Å². The molecule has 0 saturated carbocycles. The molecule has 1 aromatic heterocycles. The van der Waals surface area contributed by atoms with Gasteiger partial charge in [-0.2, -0.15) is 0 Å². The molecule has 11 nitrogen and oxygen atoms in total. The Hall–Kier alpha value is -3.86. The molecule has 0 bridgehead atoms. The van der Waals surface area contributed by atoms with Gasteiger partial charge in [-0.3, -0.25) is 24.0 Å². The van der Waals surface area contributed by atoms with Crippen LogP contribution in [0.1, 0.15) is 53.8 Å². The molecule has 1 aliphatic heterocycles. The maximum absolute atomic E-state index is 13.4. The number of benzene rings is 1.